The van der Waals surface area contributed by atoms with Gasteiger partial charge in [-0.05, 0) is 62.2 Å². The molecule has 0 bridgehead atoms. The molecule has 4 aliphatic rings. The fourth-order valence-corrected chi connectivity index (χ4v) is 6.51. The molecule has 0 unspecified atom stereocenters. The van der Waals surface area contributed by atoms with Crippen molar-refractivity contribution < 1.29 is 35.2 Å². The number of amides is 4. The molecule has 39 heavy (non-hydrogen) atoms. The van der Waals surface area contributed by atoms with E-state index >= 15 is 0 Å². The van der Waals surface area contributed by atoms with Crippen molar-refractivity contribution in [3.8, 4) is 6.07 Å². The molecule has 0 radical (unpaired) electrons. The maximum Gasteiger partial charge on any atom is 0.471 e. The van der Waals surface area contributed by atoms with E-state index in [2.05, 4.69) is 16.7 Å². The van der Waals surface area contributed by atoms with E-state index in [0.717, 1.165) is 38.5 Å². The molecule has 2 aliphatic heterocycles. The summed E-state index contributed by atoms with van der Waals surface area (Å²) in [6.45, 7) is 4.85. The van der Waals surface area contributed by atoms with E-state index in [1.54, 1.807) is 20.8 Å². The fraction of sp³-hybridized carbons (Fsp3) is 0.815. The molecule has 220 valence electrons. The maximum absolute atomic E-state index is 13.7. The molecule has 1 spiro atoms. The van der Waals surface area contributed by atoms with E-state index in [0.29, 0.717) is 12.8 Å². The second-order valence-corrected chi connectivity index (χ2v) is 12.8. The molecule has 2 aliphatic carbocycles. The van der Waals surface area contributed by atoms with Crippen molar-refractivity contribution in [1.29, 1.82) is 5.26 Å². The monoisotopic (exact) mass is 557 g/mol. The third-order valence-electron chi connectivity index (χ3n) is 8.91. The van der Waals surface area contributed by atoms with E-state index in [9.17, 15) is 37.6 Å². The molecule has 6 atom stereocenters. The van der Waals surface area contributed by atoms with Gasteiger partial charge in [-0.1, -0.05) is 33.6 Å². The van der Waals surface area contributed by atoms with Crippen molar-refractivity contribution >= 4 is 23.6 Å². The second-order valence-electron chi connectivity index (χ2n) is 12.8. The summed E-state index contributed by atoms with van der Waals surface area (Å²) in [7, 11) is 0. The zero-order valence-electron chi connectivity index (χ0n) is 22.7. The number of alkyl halides is 3. The predicted octanol–water partition coefficient (Wildman–Crippen LogP) is 3.05. The van der Waals surface area contributed by atoms with Crippen LogP contribution < -0.4 is 16.0 Å². The normalized spacial score (nSPS) is 29.5. The van der Waals surface area contributed by atoms with Gasteiger partial charge in [0, 0.05) is 20.9 Å². The van der Waals surface area contributed by atoms with Crippen LogP contribution in [0, 0.1) is 34.5 Å². The Bertz CT molecular complexity index is 1060. The lowest BCUT2D eigenvalue weighted by molar-refractivity contribution is -0.176. The molecule has 12 heteroatoms. The Morgan fingerprint density at radius 2 is 1.79 bits per heavy atom. The highest BCUT2D eigenvalue weighted by molar-refractivity contribution is 5.94. The summed E-state index contributed by atoms with van der Waals surface area (Å²) in [4.78, 5) is 53.1. The number of likely N-dealkylation sites (tertiary alicyclic amines) is 1. The Morgan fingerprint density at radius 3 is 2.36 bits per heavy atom. The summed E-state index contributed by atoms with van der Waals surface area (Å²) in [5.74, 6) is -4.24. The molecule has 3 N–H and O–H groups in total. The van der Waals surface area contributed by atoms with Gasteiger partial charge in [0.25, 0.3) is 0 Å². The second kappa shape index (κ2) is 10.6. The predicted molar refractivity (Wildman–Crippen MR) is 138 cm³/mol. The molecule has 0 aromatic heterocycles. The van der Waals surface area contributed by atoms with Crippen molar-refractivity contribution in [1.82, 2.24) is 20.9 Å². The lowest BCUT2D eigenvalue weighted by Crippen LogP contribution is -2.60. The Balaban J connectivity index is 0.00000294. The van der Waals surface area contributed by atoms with Crippen LogP contribution in [0.5, 0.6) is 0 Å². The first-order valence-corrected chi connectivity index (χ1v) is 13.9. The minimum absolute atomic E-state index is 0. The molecule has 4 amide bonds. The van der Waals surface area contributed by atoms with Crippen molar-refractivity contribution in [2.45, 2.75) is 108 Å². The lowest BCUT2D eigenvalue weighted by Gasteiger charge is -2.36. The number of nitrogens with one attached hydrogen (secondary N) is 3. The number of piperidine rings is 1. The maximum atomic E-state index is 13.7. The molecular formula is C27H42F3N5O4. The number of nitrogens with zero attached hydrogens (tertiary/aromatic N) is 2. The Morgan fingerprint density at radius 1 is 1.13 bits per heavy atom. The largest absolute Gasteiger partial charge is 0.471 e. The minimum Gasteiger partial charge on any atom is -0.350 e. The summed E-state index contributed by atoms with van der Waals surface area (Å²) in [5, 5.41) is 17.4. The van der Waals surface area contributed by atoms with Gasteiger partial charge in [0.15, 0.2) is 0 Å². The van der Waals surface area contributed by atoms with Gasteiger partial charge >= 0.3 is 12.1 Å². The molecule has 9 nitrogen and oxygen atoms in total. The fourth-order valence-electron chi connectivity index (χ4n) is 6.51. The number of halogens is 3. The highest BCUT2D eigenvalue weighted by Gasteiger charge is 2.53. The van der Waals surface area contributed by atoms with Gasteiger partial charge in [-0.3, -0.25) is 19.2 Å². The third-order valence-corrected chi connectivity index (χ3v) is 8.91. The van der Waals surface area contributed by atoms with Gasteiger partial charge in [0.1, 0.15) is 18.1 Å². The molecular weight excluding hydrogens is 515 g/mol. The number of fused-ring (bicyclic) bond motifs is 1. The van der Waals surface area contributed by atoms with Crippen LogP contribution >= 0.6 is 0 Å². The first-order chi connectivity index (χ1) is 18.1. The topological polar surface area (TPSA) is 131 Å². The van der Waals surface area contributed by atoms with E-state index < -0.39 is 53.4 Å². The van der Waals surface area contributed by atoms with Crippen LogP contribution in [-0.2, 0) is 19.2 Å². The highest BCUT2D eigenvalue weighted by atomic mass is 19.4. The van der Waals surface area contributed by atoms with Crippen LogP contribution in [0.15, 0.2) is 0 Å². The molecule has 2 heterocycles. The number of hydrogen-bond donors (Lipinski definition) is 3. The molecule has 0 aromatic carbocycles. The molecule has 4 fully saturated rings. The van der Waals surface area contributed by atoms with Crippen LogP contribution in [0.2, 0.25) is 0 Å². The van der Waals surface area contributed by atoms with Crippen LogP contribution in [-0.4, -0.2) is 64.9 Å². The molecule has 2 saturated carbocycles. The number of carbonyl (C=O) groups is 4. The SMILES string of the molecule is CC(C)(C)[C@H](NC(=O)C(F)(F)F)C(=O)N1C[C@@H]2CCCC[C@@H]2[C@H]1C(=O)N[C@H](C#N)C[C@@H]1CCC2(CC2)NC1=O.[HH].[HH]. The third kappa shape index (κ3) is 6.33. The Kier molecular flexibility index (Phi) is 7.94. The first-order valence-electron chi connectivity index (χ1n) is 13.9. The Hall–Kier alpha value is -2.84. The van der Waals surface area contributed by atoms with Crippen molar-refractivity contribution in [3.63, 3.8) is 0 Å². The number of rotatable bonds is 6. The molecule has 2 saturated heterocycles. The number of nitriles is 1. The van der Waals surface area contributed by atoms with E-state index in [-0.39, 0.29) is 39.1 Å². The first kappa shape index (κ1) is 29.2. The standard InChI is InChI=1S/C27H38F3N5O4.2H2/c1-25(2,3)20(33-24(39)27(28,29)30)23(38)35-14-16-6-4-5-7-18(16)19(35)22(37)32-17(13-31)12-15-8-9-26(10-11-26)34-21(15)36;;/h15-20H,4-12,14H2,1-3H3,(H,32,37)(H,33,39)(H,34,36);2*1H/t15-,16-,17-,18-,19-,20+;;/m0../s1. The average Bonchev–Trinajstić information content (AvgIpc) is 3.48. The molecule has 4 rings (SSSR count). The van der Waals surface area contributed by atoms with Crippen molar-refractivity contribution in [2.24, 2.45) is 23.2 Å². The van der Waals surface area contributed by atoms with Gasteiger partial charge in [-0.2, -0.15) is 18.4 Å². The highest BCUT2D eigenvalue weighted by Crippen LogP contribution is 2.44. The summed E-state index contributed by atoms with van der Waals surface area (Å²) in [5.41, 5.74) is -1.15. The average molecular weight is 558 g/mol. The quantitative estimate of drug-likeness (QED) is 0.462. The van der Waals surface area contributed by atoms with Crippen molar-refractivity contribution in [2.75, 3.05) is 6.54 Å². The summed E-state index contributed by atoms with van der Waals surface area (Å²) >= 11 is 0. The van der Waals surface area contributed by atoms with Gasteiger partial charge in [-0.15, -0.1) is 0 Å². The Labute approximate surface area is 229 Å². The summed E-state index contributed by atoms with van der Waals surface area (Å²) in [6, 6.07) is -1.36. The van der Waals surface area contributed by atoms with Crippen LogP contribution in [0.25, 0.3) is 0 Å². The van der Waals surface area contributed by atoms with Gasteiger partial charge in [0.05, 0.1) is 6.07 Å². The van der Waals surface area contributed by atoms with Gasteiger partial charge in [-0.25, -0.2) is 0 Å². The number of carbonyl (C=O) groups excluding carboxylic acids is 4. The van der Waals surface area contributed by atoms with Crippen LogP contribution in [0.3, 0.4) is 0 Å². The van der Waals surface area contributed by atoms with E-state index in [1.165, 1.54) is 4.90 Å². The van der Waals surface area contributed by atoms with Crippen LogP contribution in [0.1, 0.15) is 81.4 Å². The van der Waals surface area contributed by atoms with E-state index in [1.807, 2.05) is 5.32 Å². The smallest absolute Gasteiger partial charge is 0.350 e. The van der Waals surface area contributed by atoms with Crippen molar-refractivity contribution in [3.05, 3.63) is 0 Å². The zero-order valence-corrected chi connectivity index (χ0v) is 22.7. The van der Waals surface area contributed by atoms with Gasteiger partial charge in [0.2, 0.25) is 17.7 Å². The zero-order chi connectivity index (χ0) is 28.8. The van der Waals surface area contributed by atoms with Gasteiger partial charge < -0.3 is 20.9 Å². The molecule has 0 aromatic rings. The minimum atomic E-state index is -5.16. The number of hydrogen-bond acceptors (Lipinski definition) is 5. The van der Waals surface area contributed by atoms with Crippen LogP contribution in [0.4, 0.5) is 13.2 Å². The summed E-state index contributed by atoms with van der Waals surface area (Å²) in [6.07, 6.45) is 1.58. The van der Waals surface area contributed by atoms with E-state index in [4.69, 9.17) is 0 Å². The summed E-state index contributed by atoms with van der Waals surface area (Å²) < 4.78 is 39.2. The lowest BCUT2D eigenvalue weighted by atomic mass is 9.78.